The molecule has 0 unspecified atom stereocenters. The summed E-state index contributed by atoms with van der Waals surface area (Å²) < 4.78 is 37.0. The molecule has 3 heteroatoms. The lowest BCUT2D eigenvalue weighted by atomic mass is 10.0. The summed E-state index contributed by atoms with van der Waals surface area (Å²) in [5.41, 5.74) is 0.156. The van der Waals surface area contributed by atoms with Crippen molar-refractivity contribution >= 4 is 0 Å². The van der Waals surface area contributed by atoms with Gasteiger partial charge in [0.2, 0.25) is 0 Å². The Morgan fingerprint density at radius 3 is 2.60 bits per heavy atom. The molecule has 0 aromatic heterocycles. The van der Waals surface area contributed by atoms with Gasteiger partial charge in [0, 0.05) is 0 Å². The van der Waals surface area contributed by atoms with Crippen molar-refractivity contribution < 1.29 is 13.2 Å². The Morgan fingerprint density at radius 1 is 1.27 bits per heavy atom. The van der Waals surface area contributed by atoms with Crippen molar-refractivity contribution in [1.29, 1.82) is 0 Å². The summed E-state index contributed by atoms with van der Waals surface area (Å²) in [7, 11) is 0. The minimum absolute atomic E-state index is 0.565. The van der Waals surface area contributed by atoms with Crippen LogP contribution >= 0.6 is 0 Å². The van der Waals surface area contributed by atoms with Gasteiger partial charge in [0.05, 0.1) is 5.56 Å². The van der Waals surface area contributed by atoms with Gasteiger partial charge in [-0.2, -0.15) is 13.2 Å². The van der Waals surface area contributed by atoms with Crippen LogP contribution in [0.3, 0.4) is 0 Å². The van der Waals surface area contributed by atoms with Crippen LogP contribution in [0.1, 0.15) is 30.9 Å². The minimum atomic E-state index is -4.24. The molecule has 1 rings (SSSR count). The number of benzene rings is 1. The van der Waals surface area contributed by atoms with Crippen LogP contribution in [0.15, 0.2) is 24.3 Å². The molecule has 15 heavy (non-hydrogen) atoms. The highest BCUT2D eigenvalue weighted by Gasteiger charge is 2.30. The minimum Gasteiger partial charge on any atom is -0.166 e. The molecular formula is C12H14F3. The lowest BCUT2D eigenvalue weighted by Crippen LogP contribution is -2.05. The molecule has 0 aliphatic heterocycles. The molecule has 0 bridgehead atoms. The first kappa shape index (κ1) is 12.1. The standard InChI is InChI=1S/C12H14F3/c1-2-3-4-6-10-7-5-8-11(9-10)12(13,14)15/h4-5,7-9H,2-3,6H2,1H3. The number of unbranched alkanes of at least 4 members (excludes halogenated alkanes) is 2. The first-order valence-electron chi connectivity index (χ1n) is 5.02. The summed E-state index contributed by atoms with van der Waals surface area (Å²) in [6.45, 7) is 2.04. The number of hydrogen-bond donors (Lipinski definition) is 0. The van der Waals surface area contributed by atoms with E-state index in [1.807, 2.05) is 13.3 Å². The molecule has 0 aliphatic carbocycles. The van der Waals surface area contributed by atoms with Gasteiger partial charge in [-0.1, -0.05) is 38.0 Å². The van der Waals surface area contributed by atoms with Gasteiger partial charge in [0.25, 0.3) is 0 Å². The highest BCUT2D eigenvalue weighted by atomic mass is 19.4. The second-order valence-electron chi connectivity index (χ2n) is 3.48. The highest BCUT2D eigenvalue weighted by Crippen LogP contribution is 2.29. The van der Waals surface area contributed by atoms with E-state index in [9.17, 15) is 13.2 Å². The molecule has 0 spiro atoms. The summed E-state index contributed by atoms with van der Waals surface area (Å²) >= 11 is 0. The summed E-state index contributed by atoms with van der Waals surface area (Å²) in [4.78, 5) is 0. The van der Waals surface area contributed by atoms with E-state index >= 15 is 0 Å². The first-order valence-corrected chi connectivity index (χ1v) is 5.02. The maximum atomic E-state index is 12.3. The zero-order chi connectivity index (χ0) is 11.3. The Balaban J connectivity index is 2.66. The molecule has 1 aromatic carbocycles. The van der Waals surface area contributed by atoms with E-state index in [0.717, 1.165) is 24.5 Å². The smallest absolute Gasteiger partial charge is 0.166 e. The predicted octanol–water partition coefficient (Wildman–Crippen LogP) is 4.25. The SMILES string of the molecule is CCC[CH]Cc1cccc(C(F)(F)F)c1. The van der Waals surface area contributed by atoms with Crippen LogP contribution in [0, 0.1) is 6.42 Å². The fraction of sp³-hybridized carbons (Fsp3) is 0.417. The average Bonchev–Trinajstić information content (AvgIpc) is 2.17. The topological polar surface area (TPSA) is 0 Å². The van der Waals surface area contributed by atoms with Crippen molar-refractivity contribution in [3.8, 4) is 0 Å². The van der Waals surface area contributed by atoms with E-state index in [1.54, 1.807) is 6.07 Å². The zero-order valence-corrected chi connectivity index (χ0v) is 8.64. The van der Waals surface area contributed by atoms with E-state index in [1.165, 1.54) is 12.1 Å². The largest absolute Gasteiger partial charge is 0.416 e. The molecule has 0 N–H and O–H groups in total. The zero-order valence-electron chi connectivity index (χ0n) is 8.64. The maximum Gasteiger partial charge on any atom is 0.416 e. The molecule has 0 saturated carbocycles. The van der Waals surface area contributed by atoms with Crippen LogP contribution in [0.4, 0.5) is 13.2 Å². The Hall–Kier alpha value is -0.990. The molecule has 1 radical (unpaired) electrons. The third-order valence-corrected chi connectivity index (χ3v) is 2.13. The molecule has 0 nitrogen and oxygen atoms in total. The average molecular weight is 215 g/mol. The van der Waals surface area contributed by atoms with E-state index in [0.29, 0.717) is 6.42 Å². The monoisotopic (exact) mass is 215 g/mol. The Kier molecular flexibility index (Phi) is 4.18. The summed E-state index contributed by atoms with van der Waals surface area (Å²) in [5, 5.41) is 0. The van der Waals surface area contributed by atoms with Gasteiger partial charge in [0.15, 0.2) is 0 Å². The van der Waals surface area contributed by atoms with Crippen molar-refractivity contribution in [3.63, 3.8) is 0 Å². The van der Waals surface area contributed by atoms with Gasteiger partial charge in [-0.05, 0) is 24.5 Å². The normalized spacial score (nSPS) is 11.7. The van der Waals surface area contributed by atoms with Crippen LogP contribution in [-0.2, 0) is 12.6 Å². The maximum absolute atomic E-state index is 12.3. The summed E-state index contributed by atoms with van der Waals surface area (Å²) in [6, 6.07) is 5.49. The van der Waals surface area contributed by atoms with E-state index < -0.39 is 11.7 Å². The fourth-order valence-corrected chi connectivity index (χ4v) is 1.35. The number of alkyl halides is 3. The van der Waals surface area contributed by atoms with Crippen LogP contribution in [0.25, 0.3) is 0 Å². The first-order chi connectivity index (χ1) is 7.04. The Morgan fingerprint density at radius 2 is 2.00 bits per heavy atom. The van der Waals surface area contributed by atoms with Crippen LogP contribution in [-0.4, -0.2) is 0 Å². The van der Waals surface area contributed by atoms with Crippen molar-refractivity contribution in [2.45, 2.75) is 32.4 Å². The Bertz CT molecular complexity index is 302. The van der Waals surface area contributed by atoms with Crippen molar-refractivity contribution in [2.75, 3.05) is 0 Å². The second kappa shape index (κ2) is 5.19. The summed E-state index contributed by atoms with van der Waals surface area (Å²) in [5.74, 6) is 0. The van der Waals surface area contributed by atoms with Crippen LogP contribution < -0.4 is 0 Å². The molecule has 0 saturated heterocycles. The molecular weight excluding hydrogens is 201 g/mol. The van der Waals surface area contributed by atoms with Crippen molar-refractivity contribution in [1.82, 2.24) is 0 Å². The van der Waals surface area contributed by atoms with Gasteiger partial charge >= 0.3 is 6.18 Å². The van der Waals surface area contributed by atoms with E-state index in [4.69, 9.17) is 0 Å². The molecule has 0 heterocycles. The third kappa shape index (κ3) is 3.94. The molecule has 0 fully saturated rings. The van der Waals surface area contributed by atoms with E-state index in [2.05, 4.69) is 0 Å². The van der Waals surface area contributed by atoms with Crippen LogP contribution in [0.5, 0.6) is 0 Å². The lowest BCUT2D eigenvalue weighted by molar-refractivity contribution is -0.137. The van der Waals surface area contributed by atoms with Gasteiger partial charge in [-0.3, -0.25) is 0 Å². The Labute approximate surface area is 88.1 Å². The molecule has 0 atom stereocenters. The van der Waals surface area contributed by atoms with E-state index in [-0.39, 0.29) is 0 Å². The molecule has 0 aliphatic rings. The van der Waals surface area contributed by atoms with Gasteiger partial charge < -0.3 is 0 Å². The number of hydrogen-bond acceptors (Lipinski definition) is 0. The third-order valence-electron chi connectivity index (χ3n) is 2.13. The molecule has 1 aromatic rings. The fourth-order valence-electron chi connectivity index (χ4n) is 1.35. The lowest BCUT2D eigenvalue weighted by Gasteiger charge is -2.08. The van der Waals surface area contributed by atoms with Gasteiger partial charge in [0.1, 0.15) is 0 Å². The molecule has 0 amide bonds. The number of rotatable bonds is 4. The van der Waals surface area contributed by atoms with Gasteiger partial charge in [-0.15, -0.1) is 0 Å². The van der Waals surface area contributed by atoms with Crippen molar-refractivity contribution in [3.05, 3.63) is 41.8 Å². The van der Waals surface area contributed by atoms with Crippen molar-refractivity contribution in [2.24, 2.45) is 0 Å². The second-order valence-corrected chi connectivity index (χ2v) is 3.48. The molecule has 83 valence electrons. The predicted molar refractivity (Wildman–Crippen MR) is 54.4 cm³/mol. The number of halogens is 3. The quantitative estimate of drug-likeness (QED) is 0.658. The van der Waals surface area contributed by atoms with Gasteiger partial charge in [-0.25, -0.2) is 0 Å². The highest BCUT2D eigenvalue weighted by molar-refractivity contribution is 5.26. The van der Waals surface area contributed by atoms with Crippen LogP contribution in [0.2, 0.25) is 0 Å². The summed E-state index contributed by atoms with van der Waals surface area (Å²) in [6.07, 6.45) is 0.350.